The Hall–Kier alpha value is -1.75. The lowest BCUT2D eigenvalue weighted by Crippen LogP contribution is -2.39. The van der Waals surface area contributed by atoms with Crippen LogP contribution in [0.3, 0.4) is 0 Å². The van der Waals surface area contributed by atoms with E-state index in [1.807, 2.05) is 24.3 Å². The Morgan fingerprint density at radius 3 is 2.71 bits per heavy atom. The Morgan fingerprint density at radius 2 is 2.24 bits per heavy atom. The van der Waals surface area contributed by atoms with Gasteiger partial charge in [0.05, 0.1) is 19.8 Å². The second-order valence-corrected chi connectivity index (χ2v) is 3.98. The van der Waals surface area contributed by atoms with Crippen LogP contribution in [0.4, 0.5) is 4.79 Å². The van der Waals surface area contributed by atoms with Crippen molar-refractivity contribution < 1.29 is 19.4 Å². The minimum absolute atomic E-state index is 0.00759. The summed E-state index contributed by atoms with van der Waals surface area (Å²) in [6.07, 6.45) is -0.381. The number of hydrogen-bond acceptors (Lipinski definition) is 3. The average molecular weight is 237 g/mol. The monoisotopic (exact) mass is 237 g/mol. The van der Waals surface area contributed by atoms with E-state index in [9.17, 15) is 4.79 Å². The van der Waals surface area contributed by atoms with Crippen LogP contribution < -0.4 is 10.1 Å². The van der Waals surface area contributed by atoms with E-state index in [-0.39, 0.29) is 12.1 Å². The molecule has 2 N–H and O–H groups in total. The van der Waals surface area contributed by atoms with Crippen LogP contribution in [0.5, 0.6) is 5.75 Å². The molecule has 0 aromatic heterocycles. The molecule has 1 amide bonds. The lowest BCUT2D eigenvalue weighted by molar-refractivity contribution is 0.186. The highest BCUT2D eigenvalue weighted by molar-refractivity contribution is 5.65. The highest BCUT2D eigenvalue weighted by Gasteiger charge is 2.33. The van der Waals surface area contributed by atoms with Crippen molar-refractivity contribution >= 4 is 6.09 Å². The van der Waals surface area contributed by atoms with Crippen molar-refractivity contribution in [3.8, 4) is 5.75 Å². The van der Waals surface area contributed by atoms with E-state index >= 15 is 0 Å². The van der Waals surface area contributed by atoms with Crippen LogP contribution in [-0.4, -0.2) is 37.1 Å². The number of benzene rings is 1. The molecular formula is C12H15NO4. The Bertz CT molecular complexity index is 386. The molecule has 1 heterocycles. The summed E-state index contributed by atoms with van der Waals surface area (Å²) in [5, 5.41) is 11.2. The molecule has 0 bridgehead atoms. The van der Waals surface area contributed by atoms with Crippen LogP contribution in [0.15, 0.2) is 24.3 Å². The van der Waals surface area contributed by atoms with E-state index in [4.69, 9.17) is 14.6 Å². The SMILES string of the molecule is COc1ccc(C[C@H](NC(=O)O)[C@@H]2CO2)cc1. The second-order valence-electron chi connectivity index (χ2n) is 3.98. The van der Waals surface area contributed by atoms with E-state index in [1.54, 1.807) is 7.11 Å². The molecule has 5 nitrogen and oxygen atoms in total. The van der Waals surface area contributed by atoms with Crippen molar-refractivity contribution in [3.63, 3.8) is 0 Å². The first-order chi connectivity index (χ1) is 8.19. The number of hydrogen-bond donors (Lipinski definition) is 2. The summed E-state index contributed by atoms with van der Waals surface area (Å²) < 4.78 is 10.2. The molecule has 2 atom stereocenters. The molecule has 1 aliphatic rings. The van der Waals surface area contributed by atoms with Crippen LogP contribution >= 0.6 is 0 Å². The van der Waals surface area contributed by atoms with Crippen molar-refractivity contribution in [2.45, 2.75) is 18.6 Å². The van der Waals surface area contributed by atoms with Gasteiger partial charge in [-0.1, -0.05) is 12.1 Å². The third-order valence-electron chi connectivity index (χ3n) is 2.73. The van der Waals surface area contributed by atoms with E-state index in [0.717, 1.165) is 11.3 Å². The van der Waals surface area contributed by atoms with E-state index in [1.165, 1.54) is 0 Å². The second kappa shape index (κ2) is 5.05. The van der Waals surface area contributed by atoms with Crippen molar-refractivity contribution in [1.82, 2.24) is 5.32 Å². The number of carboxylic acid groups (broad SMARTS) is 1. The summed E-state index contributed by atoms with van der Waals surface area (Å²) in [6, 6.07) is 7.40. The fraction of sp³-hybridized carbons (Fsp3) is 0.417. The van der Waals surface area contributed by atoms with Crippen molar-refractivity contribution in [3.05, 3.63) is 29.8 Å². The van der Waals surface area contributed by atoms with Crippen LogP contribution in [-0.2, 0) is 11.2 Å². The number of carbonyl (C=O) groups is 1. The minimum atomic E-state index is -1.01. The molecule has 1 aromatic rings. The zero-order valence-corrected chi connectivity index (χ0v) is 9.55. The largest absolute Gasteiger partial charge is 0.497 e. The average Bonchev–Trinajstić information content (AvgIpc) is 3.12. The molecule has 5 heteroatoms. The Morgan fingerprint density at radius 1 is 1.59 bits per heavy atom. The summed E-state index contributed by atoms with van der Waals surface area (Å²) in [7, 11) is 1.61. The molecule has 92 valence electrons. The molecule has 0 aliphatic carbocycles. The third-order valence-corrected chi connectivity index (χ3v) is 2.73. The molecule has 0 spiro atoms. The maximum atomic E-state index is 10.6. The summed E-state index contributed by atoms with van der Waals surface area (Å²) in [6.45, 7) is 0.626. The van der Waals surface area contributed by atoms with Gasteiger partial charge in [-0.25, -0.2) is 4.79 Å². The summed E-state index contributed by atoms with van der Waals surface area (Å²) >= 11 is 0. The number of epoxide rings is 1. The first-order valence-electron chi connectivity index (χ1n) is 5.43. The van der Waals surface area contributed by atoms with Crippen LogP contribution in [0.2, 0.25) is 0 Å². The van der Waals surface area contributed by atoms with Crippen LogP contribution in [0.1, 0.15) is 5.56 Å². The molecule has 0 saturated carbocycles. The molecule has 0 unspecified atom stereocenters. The maximum absolute atomic E-state index is 10.6. The summed E-state index contributed by atoms with van der Waals surface area (Å²) in [5.41, 5.74) is 1.06. The summed E-state index contributed by atoms with van der Waals surface area (Å²) in [5.74, 6) is 0.791. The van der Waals surface area contributed by atoms with Gasteiger partial charge in [0.1, 0.15) is 11.9 Å². The third kappa shape index (κ3) is 3.35. The van der Waals surface area contributed by atoms with Gasteiger partial charge in [0, 0.05) is 0 Å². The van der Waals surface area contributed by atoms with Gasteiger partial charge in [0.15, 0.2) is 0 Å². The smallest absolute Gasteiger partial charge is 0.404 e. The predicted octanol–water partition coefficient (Wildman–Crippen LogP) is 1.27. The quantitative estimate of drug-likeness (QED) is 0.756. The lowest BCUT2D eigenvalue weighted by Gasteiger charge is -2.14. The zero-order chi connectivity index (χ0) is 12.3. The fourth-order valence-corrected chi connectivity index (χ4v) is 1.74. The van der Waals surface area contributed by atoms with Gasteiger partial charge in [0.25, 0.3) is 0 Å². The van der Waals surface area contributed by atoms with E-state index in [2.05, 4.69) is 5.32 Å². The van der Waals surface area contributed by atoms with Gasteiger partial charge in [-0.05, 0) is 24.1 Å². The first kappa shape index (κ1) is 11.7. The molecule has 1 saturated heterocycles. The molecule has 1 aliphatic heterocycles. The maximum Gasteiger partial charge on any atom is 0.404 e. The number of methoxy groups -OCH3 is 1. The first-order valence-corrected chi connectivity index (χ1v) is 5.43. The van der Waals surface area contributed by atoms with Gasteiger partial charge in [-0.2, -0.15) is 0 Å². The number of ether oxygens (including phenoxy) is 2. The molecular weight excluding hydrogens is 222 g/mol. The standard InChI is InChI=1S/C12H15NO4/c1-16-9-4-2-8(3-5-9)6-10(11-7-17-11)13-12(14)15/h2-5,10-11,13H,6-7H2,1H3,(H,14,15)/t10-,11-/m0/s1. The zero-order valence-electron chi connectivity index (χ0n) is 9.55. The minimum Gasteiger partial charge on any atom is -0.497 e. The molecule has 17 heavy (non-hydrogen) atoms. The van der Waals surface area contributed by atoms with Crippen molar-refractivity contribution in [1.29, 1.82) is 0 Å². The van der Waals surface area contributed by atoms with Crippen LogP contribution in [0, 0.1) is 0 Å². The highest BCUT2D eigenvalue weighted by atomic mass is 16.6. The highest BCUT2D eigenvalue weighted by Crippen LogP contribution is 2.19. The van der Waals surface area contributed by atoms with Crippen molar-refractivity contribution in [2.24, 2.45) is 0 Å². The number of nitrogens with one attached hydrogen (secondary N) is 1. The number of rotatable bonds is 5. The van der Waals surface area contributed by atoms with Gasteiger partial charge >= 0.3 is 6.09 Å². The van der Waals surface area contributed by atoms with Gasteiger partial charge in [-0.15, -0.1) is 0 Å². The molecule has 2 rings (SSSR count). The van der Waals surface area contributed by atoms with Gasteiger partial charge in [-0.3, -0.25) is 0 Å². The normalized spacial score (nSPS) is 19.5. The Balaban J connectivity index is 1.98. The molecule has 1 fully saturated rings. The predicted molar refractivity (Wildman–Crippen MR) is 61.4 cm³/mol. The topological polar surface area (TPSA) is 71.1 Å². The fourth-order valence-electron chi connectivity index (χ4n) is 1.74. The lowest BCUT2D eigenvalue weighted by atomic mass is 10.0. The Kier molecular flexibility index (Phi) is 3.49. The molecule has 1 aromatic carbocycles. The summed E-state index contributed by atoms with van der Waals surface area (Å²) in [4.78, 5) is 10.6. The van der Waals surface area contributed by atoms with Crippen LogP contribution in [0.25, 0.3) is 0 Å². The number of amides is 1. The van der Waals surface area contributed by atoms with E-state index < -0.39 is 6.09 Å². The van der Waals surface area contributed by atoms with Gasteiger partial charge in [0.2, 0.25) is 0 Å². The Labute approximate surface area is 99.3 Å². The van der Waals surface area contributed by atoms with Gasteiger partial charge < -0.3 is 19.9 Å². The van der Waals surface area contributed by atoms with E-state index in [0.29, 0.717) is 13.0 Å². The van der Waals surface area contributed by atoms with Crippen molar-refractivity contribution in [2.75, 3.05) is 13.7 Å². The molecule has 0 radical (unpaired) electrons.